The summed E-state index contributed by atoms with van der Waals surface area (Å²) < 4.78 is 25.4. The molecule has 0 saturated heterocycles. The quantitative estimate of drug-likeness (QED) is 0.292. The monoisotopic (exact) mass is 322 g/mol. The van der Waals surface area contributed by atoms with Crippen LogP contribution < -0.4 is 0 Å². The van der Waals surface area contributed by atoms with Crippen molar-refractivity contribution in [3.63, 3.8) is 0 Å². The summed E-state index contributed by atoms with van der Waals surface area (Å²) in [5, 5.41) is 0. The standard InChI is InChI=1S/C7H7O.2C3H8O2.H2O.Ti/c8-6-7-4-2-1-3-5-7;2*1-2-3-5-4;;/h1-5H,6H2;2*4H,2-3H2,1H3;1H2;/q-1;;;;+4/p-3. The first-order chi connectivity index (χ1) is 9.70. The SMILES string of the molecule is CCCO[O][Ti]([OH])([O]Cc1ccccc1)[O]OCCC. The van der Waals surface area contributed by atoms with E-state index in [1.807, 2.05) is 44.2 Å². The van der Waals surface area contributed by atoms with Crippen molar-refractivity contribution in [1.29, 1.82) is 0 Å². The van der Waals surface area contributed by atoms with E-state index >= 15 is 0 Å². The topological polar surface area (TPSA) is 66.4 Å². The number of benzene rings is 1. The number of hydrogen-bond donors (Lipinski definition) is 1. The molecule has 0 heterocycles. The molecule has 20 heavy (non-hydrogen) atoms. The molecule has 1 N–H and O–H groups in total. The zero-order chi connectivity index (χ0) is 14.7. The van der Waals surface area contributed by atoms with Gasteiger partial charge in [-0.15, -0.1) is 0 Å². The predicted octanol–water partition coefficient (Wildman–Crippen LogP) is 2.73. The Morgan fingerprint density at radius 1 is 0.950 bits per heavy atom. The van der Waals surface area contributed by atoms with Crippen LogP contribution in [0.5, 0.6) is 0 Å². The molecule has 0 saturated carbocycles. The Kier molecular flexibility index (Phi) is 9.25. The van der Waals surface area contributed by atoms with Gasteiger partial charge in [-0.05, 0) is 0 Å². The van der Waals surface area contributed by atoms with Crippen molar-refractivity contribution in [3.05, 3.63) is 35.9 Å². The van der Waals surface area contributed by atoms with E-state index in [2.05, 4.69) is 0 Å². The third-order valence-electron chi connectivity index (χ3n) is 2.17. The molecule has 0 spiro atoms. The zero-order valence-corrected chi connectivity index (χ0v) is 13.5. The van der Waals surface area contributed by atoms with Gasteiger partial charge < -0.3 is 0 Å². The zero-order valence-electron chi connectivity index (χ0n) is 11.9. The summed E-state index contributed by atoms with van der Waals surface area (Å²) in [4.78, 5) is 9.74. The van der Waals surface area contributed by atoms with Crippen LogP contribution in [0.4, 0.5) is 0 Å². The van der Waals surface area contributed by atoms with Crippen molar-refractivity contribution >= 4 is 0 Å². The summed E-state index contributed by atoms with van der Waals surface area (Å²) in [6.07, 6.45) is 1.51. The van der Waals surface area contributed by atoms with Gasteiger partial charge >= 0.3 is 124 Å². The van der Waals surface area contributed by atoms with E-state index in [-0.39, 0.29) is 6.61 Å². The van der Waals surface area contributed by atoms with Gasteiger partial charge in [0.05, 0.1) is 0 Å². The Hall–Kier alpha value is -0.306. The normalized spacial score (nSPS) is 11.8. The molecule has 0 atom stereocenters. The summed E-state index contributed by atoms with van der Waals surface area (Å²) in [7, 11) is 0. The van der Waals surface area contributed by atoms with E-state index in [0.29, 0.717) is 13.2 Å². The first kappa shape index (κ1) is 17.7. The van der Waals surface area contributed by atoms with Crippen LogP contribution in [0.1, 0.15) is 32.3 Å². The first-order valence-corrected chi connectivity index (χ1v) is 9.32. The van der Waals surface area contributed by atoms with E-state index in [1.54, 1.807) is 0 Å². The van der Waals surface area contributed by atoms with Crippen LogP contribution in [-0.2, 0) is 44.8 Å². The van der Waals surface area contributed by atoms with Gasteiger partial charge in [-0.1, -0.05) is 0 Å². The van der Waals surface area contributed by atoms with E-state index in [1.165, 1.54) is 0 Å². The van der Waals surface area contributed by atoms with E-state index in [4.69, 9.17) is 20.0 Å². The van der Waals surface area contributed by atoms with Crippen LogP contribution in [0.2, 0.25) is 0 Å². The Morgan fingerprint density at radius 3 is 2.00 bits per heavy atom. The minimum atomic E-state index is -4.50. The summed E-state index contributed by atoms with van der Waals surface area (Å²) >= 11 is -4.50. The molecule has 0 amide bonds. The van der Waals surface area contributed by atoms with Gasteiger partial charge in [0.2, 0.25) is 0 Å². The molecule has 0 aliphatic heterocycles. The van der Waals surface area contributed by atoms with Crippen molar-refractivity contribution in [1.82, 2.24) is 0 Å². The maximum absolute atomic E-state index is 10.2. The Labute approximate surface area is 124 Å². The molecule has 1 aromatic rings. The molecule has 0 unspecified atom stereocenters. The summed E-state index contributed by atoms with van der Waals surface area (Å²) in [5.74, 6) is 0. The Morgan fingerprint density at radius 2 is 1.50 bits per heavy atom. The molecule has 0 fully saturated rings. The molecule has 7 heteroatoms. The fourth-order valence-corrected chi connectivity index (χ4v) is 2.67. The molecular weight excluding hydrogens is 300 g/mol. The van der Waals surface area contributed by atoms with Gasteiger partial charge in [0.25, 0.3) is 0 Å². The van der Waals surface area contributed by atoms with Crippen molar-refractivity contribution in [2.24, 2.45) is 0 Å². The molecule has 0 aromatic heterocycles. The van der Waals surface area contributed by atoms with E-state index < -0.39 is 18.1 Å². The molecule has 0 aliphatic carbocycles. The fraction of sp³-hybridized carbons (Fsp3) is 0.538. The summed E-state index contributed by atoms with van der Waals surface area (Å²) in [6, 6.07) is 9.42. The van der Waals surface area contributed by atoms with E-state index in [9.17, 15) is 3.69 Å². The molecule has 0 bridgehead atoms. The van der Waals surface area contributed by atoms with Crippen LogP contribution in [0.15, 0.2) is 30.3 Å². The fourth-order valence-electron chi connectivity index (χ4n) is 1.21. The molecular formula is C13H22O6Ti. The van der Waals surface area contributed by atoms with Crippen molar-refractivity contribution < 1.29 is 41.9 Å². The van der Waals surface area contributed by atoms with Crippen LogP contribution >= 0.6 is 0 Å². The van der Waals surface area contributed by atoms with Gasteiger partial charge in [0.1, 0.15) is 0 Å². The van der Waals surface area contributed by atoms with Crippen molar-refractivity contribution in [2.75, 3.05) is 13.2 Å². The molecule has 114 valence electrons. The molecule has 1 aromatic carbocycles. The predicted molar refractivity (Wildman–Crippen MR) is 68.1 cm³/mol. The van der Waals surface area contributed by atoms with Gasteiger partial charge in [-0.3, -0.25) is 0 Å². The average Bonchev–Trinajstić information content (AvgIpc) is 2.47. The minimum absolute atomic E-state index is 0.169. The second-order valence-corrected chi connectivity index (χ2v) is 6.72. The molecule has 0 radical (unpaired) electrons. The van der Waals surface area contributed by atoms with Crippen LogP contribution in [0.3, 0.4) is 0 Å². The average molecular weight is 322 g/mol. The molecule has 1 rings (SSSR count). The molecule has 6 nitrogen and oxygen atoms in total. The Balaban J connectivity index is 2.47. The van der Waals surface area contributed by atoms with Gasteiger partial charge in [0.15, 0.2) is 0 Å². The van der Waals surface area contributed by atoms with Crippen LogP contribution in [0.25, 0.3) is 0 Å². The third kappa shape index (κ3) is 7.47. The number of rotatable bonds is 11. The second-order valence-electron chi connectivity index (χ2n) is 4.11. The Bertz CT molecular complexity index is 338. The first-order valence-electron chi connectivity index (χ1n) is 6.71. The van der Waals surface area contributed by atoms with E-state index in [0.717, 1.165) is 18.4 Å². The molecule has 0 aliphatic rings. The number of hydrogen-bond acceptors (Lipinski definition) is 6. The van der Waals surface area contributed by atoms with Crippen LogP contribution in [-0.4, -0.2) is 16.9 Å². The van der Waals surface area contributed by atoms with Gasteiger partial charge in [-0.25, -0.2) is 0 Å². The van der Waals surface area contributed by atoms with Gasteiger partial charge in [0, 0.05) is 0 Å². The van der Waals surface area contributed by atoms with Gasteiger partial charge in [-0.2, -0.15) is 0 Å². The third-order valence-corrected chi connectivity index (χ3v) is 3.99. The van der Waals surface area contributed by atoms with Crippen LogP contribution in [0, 0.1) is 0 Å². The summed E-state index contributed by atoms with van der Waals surface area (Å²) in [6.45, 7) is 4.71. The van der Waals surface area contributed by atoms with Crippen molar-refractivity contribution in [3.8, 4) is 0 Å². The summed E-state index contributed by atoms with van der Waals surface area (Å²) in [5.41, 5.74) is 0.898. The second kappa shape index (κ2) is 10.4. The van der Waals surface area contributed by atoms with Crippen molar-refractivity contribution in [2.45, 2.75) is 33.3 Å². The maximum atomic E-state index is 10.2.